The lowest BCUT2D eigenvalue weighted by Gasteiger charge is -2.36. The molecule has 3 saturated heterocycles. The van der Waals surface area contributed by atoms with Gasteiger partial charge in [-0.05, 0) is 51.8 Å². The van der Waals surface area contributed by atoms with Crippen LogP contribution in [0, 0.1) is 11.2 Å². The van der Waals surface area contributed by atoms with Crippen molar-refractivity contribution in [3.8, 4) is 5.75 Å². The number of halogens is 2. The summed E-state index contributed by atoms with van der Waals surface area (Å²) in [5.41, 5.74) is 1.92. The zero-order chi connectivity index (χ0) is 23.3. The Bertz CT molecular complexity index is 1100. The van der Waals surface area contributed by atoms with Crippen molar-refractivity contribution in [1.29, 1.82) is 5.41 Å². The fourth-order valence-corrected chi connectivity index (χ4v) is 5.31. The lowest BCUT2D eigenvalue weighted by molar-refractivity contribution is 0.0633. The molecule has 1 aromatic rings. The summed E-state index contributed by atoms with van der Waals surface area (Å²) in [7, 11) is 2.15. The van der Waals surface area contributed by atoms with E-state index in [1.807, 2.05) is 0 Å². The van der Waals surface area contributed by atoms with E-state index < -0.39 is 5.82 Å². The molecule has 0 radical (unpaired) electrons. The van der Waals surface area contributed by atoms with E-state index in [0.29, 0.717) is 45.5 Å². The number of fused-ring (bicyclic) bond motifs is 2. The van der Waals surface area contributed by atoms with Crippen LogP contribution in [0.4, 0.5) is 4.39 Å². The molecule has 0 aromatic heterocycles. The third kappa shape index (κ3) is 4.17. The number of likely N-dealkylation sites (tertiary alicyclic amines) is 1. The monoisotopic (exact) mass is 471 g/mol. The van der Waals surface area contributed by atoms with Gasteiger partial charge in [-0.3, -0.25) is 4.79 Å². The van der Waals surface area contributed by atoms with Gasteiger partial charge in [0.15, 0.2) is 0 Å². The van der Waals surface area contributed by atoms with E-state index in [9.17, 15) is 9.18 Å². The van der Waals surface area contributed by atoms with Gasteiger partial charge in [-0.15, -0.1) is 0 Å². The van der Waals surface area contributed by atoms with Crippen LogP contribution in [0.2, 0.25) is 0 Å². The first kappa shape index (κ1) is 22.1. The van der Waals surface area contributed by atoms with Crippen LogP contribution in [0.25, 0.3) is 0 Å². The molecule has 0 unspecified atom stereocenters. The minimum Gasteiger partial charge on any atom is -0.489 e. The molecule has 33 heavy (non-hydrogen) atoms. The number of allylic oxidation sites excluding steroid dienone is 1. The van der Waals surface area contributed by atoms with Gasteiger partial charge in [-0.2, -0.15) is 0 Å². The number of hydrogen-bond donors (Lipinski definition) is 2. The first-order valence-corrected chi connectivity index (χ1v) is 11.6. The first-order chi connectivity index (χ1) is 15.8. The number of ether oxygens (including phenoxy) is 1. The molecule has 0 spiro atoms. The number of aliphatic imine (C=N–C) groups is 1. The summed E-state index contributed by atoms with van der Waals surface area (Å²) < 4.78 is 20.3. The van der Waals surface area contributed by atoms with Gasteiger partial charge in [-0.25, -0.2) is 9.38 Å². The van der Waals surface area contributed by atoms with Crippen LogP contribution in [-0.2, 0) is 0 Å². The largest absolute Gasteiger partial charge is 0.489 e. The Morgan fingerprint density at radius 3 is 2.70 bits per heavy atom. The molecular formula is C24H27ClFN5O2. The number of benzene rings is 1. The van der Waals surface area contributed by atoms with E-state index in [-0.39, 0.29) is 30.9 Å². The summed E-state index contributed by atoms with van der Waals surface area (Å²) in [5.74, 6) is 0.0798. The summed E-state index contributed by atoms with van der Waals surface area (Å²) >= 11 is 6.05. The zero-order valence-electron chi connectivity index (χ0n) is 18.7. The molecule has 4 heterocycles. The molecule has 5 rings (SSSR count). The van der Waals surface area contributed by atoms with E-state index >= 15 is 0 Å². The Morgan fingerprint density at radius 1 is 1.27 bits per heavy atom. The van der Waals surface area contributed by atoms with Crippen LogP contribution in [-0.4, -0.2) is 65.5 Å². The molecule has 9 heteroatoms. The number of nitrogens with zero attached hydrogens (tertiary/aromatic N) is 3. The van der Waals surface area contributed by atoms with Crippen LogP contribution in [0.1, 0.15) is 43.0 Å². The van der Waals surface area contributed by atoms with Crippen molar-refractivity contribution >= 4 is 28.9 Å². The summed E-state index contributed by atoms with van der Waals surface area (Å²) in [6, 6.07) is 5.02. The van der Waals surface area contributed by atoms with Crippen LogP contribution in [0.3, 0.4) is 0 Å². The number of piperidine rings is 1. The van der Waals surface area contributed by atoms with Gasteiger partial charge in [0.2, 0.25) is 0 Å². The van der Waals surface area contributed by atoms with Crippen molar-refractivity contribution in [3.63, 3.8) is 0 Å². The molecule has 4 aliphatic rings. The van der Waals surface area contributed by atoms with Gasteiger partial charge in [0.25, 0.3) is 5.91 Å². The second kappa shape index (κ2) is 8.57. The Morgan fingerprint density at radius 2 is 2.00 bits per heavy atom. The number of amides is 1. The van der Waals surface area contributed by atoms with E-state index in [1.54, 1.807) is 18.0 Å². The number of nitrogens with one attached hydrogen (secondary N) is 2. The predicted molar refractivity (Wildman–Crippen MR) is 125 cm³/mol. The maximum Gasteiger partial charge on any atom is 0.258 e. The Balaban J connectivity index is 1.36. The molecule has 7 nitrogen and oxygen atoms in total. The highest BCUT2D eigenvalue weighted by Crippen LogP contribution is 2.37. The molecule has 0 aliphatic carbocycles. The first-order valence-electron chi connectivity index (χ1n) is 11.3. The highest BCUT2D eigenvalue weighted by molar-refractivity contribution is 6.43. The highest BCUT2D eigenvalue weighted by Gasteiger charge is 2.40. The van der Waals surface area contributed by atoms with Crippen molar-refractivity contribution in [3.05, 3.63) is 52.2 Å². The minimum absolute atomic E-state index is 0.0399. The topological polar surface area (TPSA) is 81.0 Å². The van der Waals surface area contributed by atoms with Crippen molar-refractivity contribution in [1.82, 2.24) is 15.1 Å². The molecular weight excluding hydrogens is 445 g/mol. The van der Waals surface area contributed by atoms with Crippen molar-refractivity contribution in [2.24, 2.45) is 4.99 Å². The average Bonchev–Trinajstić information content (AvgIpc) is 3.24. The minimum atomic E-state index is -0.436. The van der Waals surface area contributed by atoms with Gasteiger partial charge >= 0.3 is 0 Å². The van der Waals surface area contributed by atoms with Crippen LogP contribution >= 0.6 is 11.6 Å². The van der Waals surface area contributed by atoms with Gasteiger partial charge in [0.1, 0.15) is 23.5 Å². The maximum absolute atomic E-state index is 14.1. The number of carbonyl (C=O) groups excluding carboxylic acids is 1. The molecule has 1 aromatic carbocycles. The molecule has 0 saturated carbocycles. The Hall–Kier alpha value is -2.71. The second-order valence-corrected chi connectivity index (χ2v) is 9.61. The Kier molecular flexibility index (Phi) is 5.74. The summed E-state index contributed by atoms with van der Waals surface area (Å²) in [4.78, 5) is 21.8. The fraction of sp³-hybridized carbons (Fsp3) is 0.458. The molecule has 3 atom stereocenters. The molecule has 2 bridgehead atoms. The van der Waals surface area contributed by atoms with Gasteiger partial charge in [-0.1, -0.05) is 11.6 Å². The van der Waals surface area contributed by atoms with E-state index in [4.69, 9.17) is 21.7 Å². The van der Waals surface area contributed by atoms with Crippen LogP contribution in [0.15, 0.2) is 45.8 Å². The van der Waals surface area contributed by atoms with Crippen LogP contribution < -0.4 is 10.1 Å². The molecule has 4 aliphatic heterocycles. The normalized spacial score (nSPS) is 29.6. The SMILES string of the molecule is CC1=N/C(=C2\CN(C(=O)c3ccc(F)cc3O[C@H]3C[C@H]4CC[C@@H](C3)N4C)CC2=N)NC=C1Cl. The summed E-state index contributed by atoms with van der Waals surface area (Å²) in [5, 5.41) is 11.9. The van der Waals surface area contributed by atoms with Crippen molar-refractivity contribution < 1.29 is 13.9 Å². The van der Waals surface area contributed by atoms with E-state index in [0.717, 1.165) is 25.7 Å². The number of hydrogen-bond acceptors (Lipinski definition) is 6. The van der Waals surface area contributed by atoms with E-state index in [2.05, 4.69) is 22.3 Å². The third-order valence-corrected chi connectivity index (χ3v) is 7.50. The van der Waals surface area contributed by atoms with Gasteiger partial charge < -0.3 is 25.3 Å². The lowest BCUT2D eigenvalue weighted by atomic mass is 10.0. The fourth-order valence-electron chi connectivity index (χ4n) is 5.21. The van der Waals surface area contributed by atoms with Gasteiger partial charge in [0, 0.05) is 29.9 Å². The predicted octanol–water partition coefficient (Wildman–Crippen LogP) is 3.66. The molecule has 174 valence electrons. The average molecular weight is 472 g/mol. The van der Waals surface area contributed by atoms with Gasteiger partial charge in [0.05, 0.1) is 35.1 Å². The molecule has 1 amide bonds. The number of carbonyl (C=O) groups is 1. The summed E-state index contributed by atoms with van der Waals surface area (Å²) in [6.45, 7) is 2.18. The highest BCUT2D eigenvalue weighted by atomic mass is 35.5. The Labute approximate surface area is 197 Å². The van der Waals surface area contributed by atoms with Crippen LogP contribution in [0.5, 0.6) is 5.75 Å². The summed E-state index contributed by atoms with van der Waals surface area (Å²) in [6.07, 6.45) is 5.65. The maximum atomic E-state index is 14.1. The standard InChI is InChI=1S/C24H27ClFN5O2/c1-13-20(25)10-28-23(29-13)19-11-31(12-21(19)27)24(32)18-6-3-14(26)7-22(18)33-17-8-15-4-5-16(9-17)30(15)2/h3,6-7,10,15-17,27-28H,4-5,8-9,11-12H2,1-2H3/b23-19+,27-21?/t15-,16+,17+. The second-order valence-electron chi connectivity index (χ2n) is 9.20. The lowest BCUT2D eigenvalue weighted by Crippen LogP contribution is -2.44. The number of rotatable bonds is 3. The molecule has 3 fully saturated rings. The quantitative estimate of drug-likeness (QED) is 0.705. The molecule has 2 N–H and O–H groups in total. The van der Waals surface area contributed by atoms with E-state index in [1.165, 1.54) is 18.2 Å². The smallest absolute Gasteiger partial charge is 0.258 e. The van der Waals surface area contributed by atoms with Crippen molar-refractivity contribution in [2.75, 3.05) is 20.1 Å². The third-order valence-electron chi connectivity index (χ3n) is 7.12. The zero-order valence-corrected chi connectivity index (χ0v) is 19.5. The van der Waals surface area contributed by atoms with Crippen molar-refractivity contribution in [2.45, 2.75) is 50.8 Å².